The zero-order valence-electron chi connectivity index (χ0n) is 11.7. The number of halogens is 1. The summed E-state index contributed by atoms with van der Waals surface area (Å²) >= 11 is 3.47. The number of aromatic nitrogens is 1. The number of rotatable bonds is 3. The Morgan fingerprint density at radius 1 is 1.00 bits per heavy atom. The summed E-state index contributed by atoms with van der Waals surface area (Å²) in [6, 6.07) is 13.9. The molecule has 4 nitrogen and oxygen atoms in total. The number of esters is 1. The predicted molar refractivity (Wildman–Crippen MR) is 86.3 cm³/mol. The lowest BCUT2D eigenvalue weighted by Crippen LogP contribution is -2.06. The Balaban J connectivity index is 1.99. The summed E-state index contributed by atoms with van der Waals surface area (Å²) in [6.07, 6.45) is 1.84. The van der Waals surface area contributed by atoms with Gasteiger partial charge < -0.3 is 9.14 Å². The zero-order valence-corrected chi connectivity index (χ0v) is 13.3. The molecule has 0 bridgehead atoms. The highest BCUT2D eigenvalue weighted by Crippen LogP contribution is 2.22. The number of pyridine rings is 1. The van der Waals surface area contributed by atoms with E-state index >= 15 is 0 Å². The number of hydrogen-bond donors (Lipinski definition) is 0. The van der Waals surface area contributed by atoms with Crippen LogP contribution in [0.5, 0.6) is 0 Å². The van der Waals surface area contributed by atoms with Crippen LogP contribution in [-0.2, 0) is 4.74 Å². The highest BCUT2D eigenvalue weighted by molar-refractivity contribution is 9.10. The van der Waals surface area contributed by atoms with E-state index in [9.17, 15) is 9.59 Å². The molecule has 0 atom stereocenters. The molecular weight excluding hydrogens is 346 g/mol. The van der Waals surface area contributed by atoms with Crippen LogP contribution >= 0.6 is 15.9 Å². The van der Waals surface area contributed by atoms with E-state index in [0.29, 0.717) is 16.8 Å². The number of fused-ring (bicyclic) bond motifs is 1. The monoisotopic (exact) mass is 357 g/mol. The van der Waals surface area contributed by atoms with Crippen LogP contribution in [0.4, 0.5) is 0 Å². The molecule has 3 aromatic rings. The van der Waals surface area contributed by atoms with Crippen molar-refractivity contribution in [1.29, 1.82) is 0 Å². The normalized spacial score (nSPS) is 10.6. The van der Waals surface area contributed by atoms with Crippen LogP contribution in [0.15, 0.2) is 59.2 Å². The van der Waals surface area contributed by atoms with E-state index in [4.69, 9.17) is 0 Å². The van der Waals surface area contributed by atoms with Gasteiger partial charge in [-0.05, 0) is 52.3 Å². The lowest BCUT2D eigenvalue weighted by molar-refractivity contribution is 0.0600. The smallest absolute Gasteiger partial charge is 0.337 e. The second-order valence-corrected chi connectivity index (χ2v) is 5.58. The summed E-state index contributed by atoms with van der Waals surface area (Å²) < 4.78 is 7.41. The van der Waals surface area contributed by atoms with Gasteiger partial charge in [-0.2, -0.15) is 0 Å². The van der Waals surface area contributed by atoms with Crippen molar-refractivity contribution in [2.75, 3.05) is 7.11 Å². The molecule has 2 aromatic heterocycles. The van der Waals surface area contributed by atoms with Crippen molar-refractivity contribution in [2.24, 2.45) is 0 Å². The molecule has 0 N–H and O–H groups in total. The molecule has 0 unspecified atom stereocenters. The van der Waals surface area contributed by atoms with Gasteiger partial charge in [-0.1, -0.05) is 12.1 Å². The van der Waals surface area contributed by atoms with Crippen LogP contribution in [0.2, 0.25) is 0 Å². The van der Waals surface area contributed by atoms with Gasteiger partial charge in [-0.15, -0.1) is 0 Å². The molecule has 0 radical (unpaired) electrons. The van der Waals surface area contributed by atoms with E-state index in [1.54, 1.807) is 30.3 Å². The Kier molecular flexibility index (Phi) is 3.81. The molecular formula is C17H12BrNO3. The second kappa shape index (κ2) is 5.77. The molecule has 0 aliphatic heterocycles. The third-order valence-corrected chi connectivity index (χ3v) is 4.11. The maximum absolute atomic E-state index is 12.6. The van der Waals surface area contributed by atoms with Crippen molar-refractivity contribution >= 4 is 33.2 Å². The molecule has 0 saturated carbocycles. The average Bonchev–Trinajstić information content (AvgIpc) is 2.99. The van der Waals surface area contributed by atoms with Gasteiger partial charge >= 0.3 is 5.97 Å². The van der Waals surface area contributed by atoms with Crippen LogP contribution in [0.3, 0.4) is 0 Å². The number of ketones is 1. The van der Waals surface area contributed by atoms with Crippen molar-refractivity contribution in [2.45, 2.75) is 0 Å². The zero-order chi connectivity index (χ0) is 15.7. The molecule has 0 fully saturated rings. The number of carbonyl (C=O) groups is 2. The lowest BCUT2D eigenvalue weighted by atomic mass is 10.1. The van der Waals surface area contributed by atoms with Crippen molar-refractivity contribution in [3.8, 4) is 0 Å². The van der Waals surface area contributed by atoms with Crippen LogP contribution in [0.1, 0.15) is 26.4 Å². The van der Waals surface area contributed by atoms with Crippen molar-refractivity contribution in [3.05, 3.63) is 76.0 Å². The Bertz CT molecular complexity index is 865. The first-order valence-electron chi connectivity index (χ1n) is 6.60. The summed E-state index contributed by atoms with van der Waals surface area (Å²) in [7, 11) is 1.33. The summed E-state index contributed by atoms with van der Waals surface area (Å²) in [5.41, 5.74) is 2.44. The Hall–Kier alpha value is -2.40. The molecule has 0 amide bonds. The standard InChI is InChI=1S/C17H12BrNO3/c1-22-17(21)12-6-4-11(5-7-12)16(20)15-9-8-14-13(18)3-2-10-19(14)15/h2-10H,1H3. The van der Waals surface area contributed by atoms with Gasteiger partial charge in [0.05, 0.1) is 23.9 Å². The summed E-state index contributed by atoms with van der Waals surface area (Å²) in [4.78, 5) is 24.1. The van der Waals surface area contributed by atoms with E-state index in [-0.39, 0.29) is 5.78 Å². The topological polar surface area (TPSA) is 47.8 Å². The van der Waals surface area contributed by atoms with Gasteiger partial charge in [0.25, 0.3) is 0 Å². The largest absolute Gasteiger partial charge is 0.465 e. The minimum atomic E-state index is -0.420. The first-order chi connectivity index (χ1) is 10.6. The van der Waals surface area contributed by atoms with E-state index in [1.807, 2.05) is 28.8 Å². The van der Waals surface area contributed by atoms with Crippen LogP contribution in [0, 0.1) is 0 Å². The first-order valence-corrected chi connectivity index (χ1v) is 7.40. The summed E-state index contributed by atoms with van der Waals surface area (Å²) in [6.45, 7) is 0. The Morgan fingerprint density at radius 3 is 2.36 bits per heavy atom. The number of methoxy groups -OCH3 is 1. The van der Waals surface area contributed by atoms with E-state index in [1.165, 1.54) is 7.11 Å². The third-order valence-electron chi connectivity index (χ3n) is 3.44. The first kappa shape index (κ1) is 14.5. The van der Waals surface area contributed by atoms with Crippen LogP contribution in [-0.4, -0.2) is 23.3 Å². The lowest BCUT2D eigenvalue weighted by Gasteiger charge is -2.04. The fourth-order valence-corrected chi connectivity index (χ4v) is 2.79. The fourth-order valence-electron chi connectivity index (χ4n) is 2.31. The van der Waals surface area contributed by atoms with Gasteiger partial charge in [0.1, 0.15) is 0 Å². The molecule has 3 rings (SSSR count). The maximum Gasteiger partial charge on any atom is 0.337 e. The van der Waals surface area contributed by atoms with E-state index in [2.05, 4.69) is 20.7 Å². The third kappa shape index (κ3) is 2.44. The number of nitrogens with zero attached hydrogens (tertiary/aromatic N) is 1. The molecule has 1 aromatic carbocycles. The van der Waals surface area contributed by atoms with Crippen LogP contribution in [0.25, 0.3) is 5.52 Å². The molecule has 0 aliphatic carbocycles. The number of ether oxygens (including phenoxy) is 1. The predicted octanol–water partition coefficient (Wildman–Crippen LogP) is 3.72. The van der Waals surface area contributed by atoms with Gasteiger partial charge in [0.2, 0.25) is 5.78 Å². The molecule has 2 heterocycles. The quantitative estimate of drug-likeness (QED) is 0.530. The Labute approximate surface area is 135 Å². The molecule has 5 heteroatoms. The second-order valence-electron chi connectivity index (χ2n) is 4.73. The van der Waals surface area contributed by atoms with E-state index in [0.717, 1.165) is 9.99 Å². The minimum absolute atomic E-state index is 0.102. The summed E-state index contributed by atoms with van der Waals surface area (Å²) in [5, 5.41) is 0. The van der Waals surface area contributed by atoms with E-state index < -0.39 is 5.97 Å². The molecule has 22 heavy (non-hydrogen) atoms. The highest BCUT2D eigenvalue weighted by Gasteiger charge is 2.15. The van der Waals surface area contributed by atoms with Crippen molar-refractivity contribution < 1.29 is 14.3 Å². The Morgan fingerprint density at radius 2 is 1.68 bits per heavy atom. The van der Waals surface area contributed by atoms with Crippen molar-refractivity contribution in [1.82, 2.24) is 4.40 Å². The van der Waals surface area contributed by atoms with Gasteiger partial charge in [0, 0.05) is 16.2 Å². The molecule has 0 saturated heterocycles. The number of carbonyl (C=O) groups excluding carboxylic acids is 2. The molecule has 0 spiro atoms. The SMILES string of the molecule is COC(=O)c1ccc(C(=O)c2ccc3c(Br)cccn23)cc1. The highest BCUT2D eigenvalue weighted by atomic mass is 79.9. The van der Waals surface area contributed by atoms with Crippen molar-refractivity contribution in [3.63, 3.8) is 0 Å². The molecule has 110 valence electrons. The van der Waals surface area contributed by atoms with Gasteiger partial charge in [-0.25, -0.2) is 4.79 Å². The summed E-state index contributed by atoms with van der Waals surface area (Å²) in [5.74, 6) is -0.523. The number of benzene rings is 1. The van der Waals surface area contributed by atoms with Gasteiger partial charge in [0.15, 0.2) is 0 Å². The maximum atomic E-state index is 12.6. The van der Waals surface area contributed by atoms with Crippen LogP contribution < -0.4 is 0 Å². The number of hydrogen-bond acceptors (Lipinski definition) is 3. The minimum Gasteiger partial charge on any atom is -0.465 e. The molecule has 0 aliphatic rings. The average molecular weight is 358 g/mol. The fraction of sp³-hybridized carbons (Fsp3) is 0.0588. The van der Waals surface area contributed by atoms with Gasteiger partial charge in [-0.3, -0.25) is 4.79 Å².